The Kier molecular flexibility index (Phi) is 9.49. The first-order chi connectivity index (χ1) is 18.4. The van der Waals surface area contributed by atoms with Crippen molar-refractivity contribution in [3.05, 3.63) is 51.9 Å². The van der Waals surface area contributed by atoms with Gasteiger partial charge in [-0.1, -0.05) is 0 Å². The maximum absolute atomic E-state index is 12.9. The molecule has 0 aliphatic carbocycles. The van der Waals surface area contributed by atoms with Crippen molar-refractivity contribution in [1.82, 2.24) is 15.2 Å². The summed E-state index contributed by atoms with van der Waals surface area (Å²) in [5.74, 6) is -0.0796. The van der Waals surface area contributed by atoms with Gasteiger partial charge in [0.2, 0.25) is 0 Å². The molecule has 0 radical (unpaired) electrons. The molecular formula is C26H34N7O5S-. The lowest BCUT2D eigenvalue weighted by Gasteiger charge is -2.42. The van der Waals surface area contributed by atoms with Crippen LogP contribution in [0.25, 0.3) is 0 Å². The highest BCUT2D eigenvalue weighted by Crippen LogP contribution is 2.32. The van der Waals surface area contributed by atoms with Crippen LogP contribution >= 0.6 is 0 Å². The summed E-state index contributed by atoms with van der Waals surface area (Å²) in [6.45, 7) is 6.44. The van der Waals surface area contributed by atoms with Gasteiger partial charge in [0.15, 0.2) is 0 Å². The second-order valence-electron chi connectivity index (χ2n) is 10.4. The Hall–Kier alpha value is -3.73. The number of nitriles is 1. The first kappa shape index (κ1) is 29.8. The van der Waals surface area contributed by atoms with E-state index in [1.807, 2.05) is 0 Å². The number of rotatable bonds is 8. The summed E-state index contributed by atoms with van der Waals surface area (Å²) < 4.78 is 28.6. The van der Waals surface area contributed by atoms with E-state index in [0.29, 0.717) is 49.4 Å². The van der Waals surface area contributed by atoms with Crippen LogP contribution in [0, 0.1) is 11.3 Å². The molecule has 2 aromatic rings. The van der Waals surface area contributed by atoms with Crippen LogP contribution in [-0.4, -0.2) is 61.9 Å². The molecule has 1 aromatic carbocycles. The normalized spacial score (nSPS) is 16.3. The fourth-order valence-electron chi connectivity index (χ4n) is 4.39. The summed E-state index contributed by atoms with van der Waals surface area (Å²) >= 11 is -2.42. The van der Waals surface area contributed by atoms with Crippen molar-refractivity contribution in [3.63, 3.8) is 0 Å². The molecule has 12 nitrogen and oxygen atoms in total. The minimum atomic E-state index is -2.42. The number of likely N-dealkylation sites (tertiary alicyclic amines) is 1. The van der Waals surface area contributed by atoms with E-state index in [2.05, 4.69) is 26.7 Å². The second kappa shape index (κ2) is 12.4. The summed E-state index contributed by atoms with van der Waals surface area (Å²) in [7, 11) is 1.69. The Balaban J connectivity index is 1.90. The predicted molar refractivity (Wildman–Crippen MR) is 147 cm³/mol. The van der Waals surface area contributed by atoms with Crippen LogP contribution in [0.15, 0.2) is 45.1 Å². The highest BCUT2D eigenvalue weighted by molar-refractivity contribution is 7.79. The number of pyridine rings is 1. The maximum atomic E-state index is 12.9. The fraction of sp³-hybridized carbons (Fsp3) is 0.462. The van der Waals surface area contributed by atoms with Crippen LogP contribution < -0.4 is 21.9 Å². The van der Waals surface area contributed by atoms with Gasteiger partial charge in [-0.15, -0.1) is 0 Å². The Morgan fingerprint density at radius 2 is 2.03 bits per heavy atom. The molecular weight excluding hydrogens is 522 g/mol. The quantitative estimate of drug-likeness (QED) is 0.215. The number of carbonyl (C=O) groups is 1. The number of aromatic nitrogens is 1. The maximum Gasteiger partial charge on any atom is 0.410 e. The van der Waals surface area contributed by atoms with Gasteiger partial charge in [-0.2, -0.15) is 5.26 Å². The number of amidine groups is 1. The summed E-state index contributed by atoms with van der Waals surface area (Å²) in [4.78, 5) is 34.2. The van der Waals surface area contributed by atoms with Gasteiger partial charge in [-0.25, -0.2) is 9.79 Å². The molecule has 210 valence electrons. The third-order valence-electron chi connectivity index (χ3n) is 6.25. The van der Waals surface area contributed by atoms with Gasteiger partial charge < -0.3 is 35.5 Å². The highest BCUT2D eigenvalue weighted by atomic mass is 32.2. The highest BCUT2D eigenvalue weighted by Gasteiger charge is 2.38. The van der Waals surface area contributed by atoms with Gasteiger partial charge >= 0.3 is 6.09 Å². The lowest BCUT2D eigenvalue weighted by molar-refractivity contribution is 0.0179. The Bertz CT molecular complexity index is 1350. The predicted octanol–water partition coefficient (Wildman–Crippen LogP) is 2.46. The molecule has 1 aliphatic rings. The number of nitrogens with one attached hydrogen (secondary N) is 3. The Labute approximate surface area is 229 Å². The lowest BCUT2D eigenvalue weighted by atomic mass is 9.84. The van der Waals surface area contributed by atoms with Crippen molar-refractivity contribution in [2.75, 3.05) is 25.5 Å². The number of anilines is 1. The molecule has 2 heterocycles. The zero-order chi connectivity index (χ0) is 28.8. The molecule has 1 aromatic heterocycles. The second-order valence-corrected chi connectivity index (χ2v) is 11.3. The number of aliphatic imine (C=N–C) groups is 1. The molecule has 3 rings (SSSR count). The van der Waals surface area contributed by atoms with Crippen LogP contribution in [0.2, 0.25) is 0 Å². The van der Waals surface area contributed by atoms with E-state index < -0.39 is 33.9 Å². The average Bonchev–Trinajstić information content (AvgIpc) is 2.84. The molecule has 1 fully saturated rings. The van der Waals surface area contributed by atoms with Crippen LogP contribution in [0.5, 0.6) is 0 Å². The smallest absolute Gasteiger partial charge is 0.410 e. The number of amides is 1. The number of piperidine rings is 1. The summed E-state index contributed by atoms with van der Waals surface area (Å²) in [5, 5.41) is 15.9. The number of H-pyrrole nitrogens is 1. The monoisotopic (exact) mass is 556 g/mol. The Morgan fingerprint density at radius 3 is 2.62 bits per heavy atom. The number of hydrogen-bond donors (Lipinski definition) is 4. The minimum absolute atomic E-state index is 0.0796. The number of nitrogens with zero attached hydrogens (tertiary/aromatic N) is 3. The van der Waals surface area contributed by atoms with E-state index in [0.717, 1.165) is 0 Å². The summed E-state index contributed by atoms with van der Waals surface area (Å²) in [6, 6.07) is 8.38. The van der Waals surface area contributed by atoms with E-state index in [-0.39, 0.29) is 22.7 Å². The molecule has 1 amide bonds. The van der Waals surface area contributed by atoms with Crippen LogP contribution in [0.1, 0.15) is 51.2 Å². The van der Waals surface area contributed by atoms with Crippen molar-refractivity contribution < 1.29 is 18.3 Å². The number of hydrogen-bond acceptors (Lipinski definition) is 9. The van der Waals surface area contributed by atoms with Crippen LogP contribution in [-0.2, 0) is 22.4 Å². The molecule has 39 heavy (non-hydrogen) atoms. The van der Waals surface area contributed by atoms with Crippen molar-refractivity contribution in [2.24, 2.45) is 10.7 Å². The largest absolute Gasteiger partial charge is 0.768 e. The lowest BCUT2D eigenvalue weighted by Crippen LogP contribution is -2.52. The van der Waals surface area contributed by atoms with Gasteiger partial charge in [0.05, 0.1) is 29.4 Å². The molecule has 1 unspecified atom stereocenters. The van der Waals surface area contributed by atoms with Gasteiger partial charge in [-0.05, 0) is 81.6 Å². The van der Waals surface area contributed by atoms with E-state index in [4.69, 9.17) is 10.5 Å². The average molecular weight is 557 g/mol. The van der Waals surface area contributed by atoms with Gasteiger partial charge in [0.1, 0.15) is 17.0 Å². The van der Waals surface area contributed by atoms with E-state index in [9.17, 15) is 23.6 Å². The molecule has 0 saturated carbocycles. The summed E-state index contributed by atoms with van der Waals surface area (Å²) in [5.41, 5.74) is 5.87. The molecule has 0 bridgehead atoms. The number of carbonyl (C=O) groups excluding carboxylic acids is 1. The molecule has 1 atom stereocenters. The zero-order valence-electron chi connectivity index (χ0n) is 22.5. The van der Waals surface area contributed by atoms with Gasteiger partial charge in [0, 0.05) is 30.7 Å². The third-order valence-corrected chi connectivity index (χ3v) is 7.00. The number of nitrogens with two attached hydrogens (primary N) is 1. The van der Waals surface area contributed by atoms with E-state index in [1.165, 1.54) is 18.3 Å². The van der Waals surface area contributed by atoms with Gasteiger partial charge in [0.25, 0.3) is 5.56 Å². The topological polar surface area (TPSA) is 189 Å². The molecule has 5 N–H and O–H groups in total. The molecule has 13 heteroatoms. The minimum Gasteiger partial charge on any atom is -0.768 e. The van der Waals surface area contributed by atoms with Crippen molar-refractivity contribution in [2.45, 2.75) is 62.6 Å². The number of ether oxygens (including phenoxy) is 1. The van der Waals surface area contributed by atoms with E-state index in [1.54, 1.807) is 44.9 Å². The van der Waals surface area contributed by atoms with Crippen LogP contribution in [0.3, 0.4) is 0 Å². The molecule has 1 aliphatic heterocycles. The molecule has 1 saturated heterocycles. The third kappa shape index (κ3) is 7.66. The number of aromatic amines is 1. The van der Waals surface area contributed by atoms with Gasteiger partial charge in [-0.3, -0.25) is 9.00 Å². The zero-order valence-corrected chi connectivity index (χ0v) is 23.3. The van der Waals surface area contributed by atoms with Crippen molar-refractivity contribution in [1.29, 1.82) is 5.26 Å². The Morgan fingerprint density at radius 1 is 1.33 bits per heavy atom. The first-order valence-corrected chi connectivity index (χ1v) is 13.5. The van der Waals surface area contributed by atoms with Crippen molar-refractivity contribution >= 4 is 34.4 Å². The van der Waals surface area contributed by atoms with Crippen molar-refractivity contribution in [3.8, 4) is 6.07 Å². The van der Waals surface area contributed by atoms with Crippen LogP contribution in [0.4, 0.5) is 16.2 Å². The number of benzene rings is 1. The fourth-order valence-corrected chi connectivity index (χ4v) is 4.91. The standard InChI is InChI=1S/C26H35N7O5S/c1-25(2,3)38-24(35)33-13-9-26(8-11-27,10-14-33)32-19-7-12-30-23(34)21(19)22(28)31-18-5-6-20(39(36)37)17(15-18)16-29-4/h5-7,12,15,29H,8-10,13-14,16H2,1-4H3,(H2,28,31)(H,36,37)(H2,30,32,34)/p-1. The summed E-state index contributed by atoms with van der Waals surface area (Å²) in [6.07, 6.45) is 2.10. The first-order valence-electron chi connectivity index (χ1n) is 12.4. The molecule has 0 spiro atoms. The SMILES string of the molecule is CNCc1cc(N=C(N)c2c(NC3(CC#N)CCN(C(=O)OC(C)(C)C)CC3)cc[nH]c2=O)ccc1S(=O)[O-]. The van der Waals surface area contributed by atoms with E-state index >= 15 is 0 Å².